The predicted molar refractivity (Wildman–Crippen MR) is 54.8 cm³/mol. The summed E-state index contributed by atoms with van der Waals surface area (Å²) in [6.07, 6.45) is -0.110. The largest absolute Gasteiger partial charge is 0.506 e. The number of phenols is 1. The standard InChI is InChI=1S/C8H6Br2O3/c9-5-2-1-4(3-6(11)12)7(10)8(5)13/h1-2,13H,3H2,(H,11,12). The molecule has 0 unspecified atom stereocenters. The van der Waals surface area contributed by atoms with Gasteiger partial charge in [0, 0.05) is 0 Å². The van der Waals surface area contributed by atoms with Gasteiger partial charge in [-0.15, -0.1) is 0 Å². The molecular weight excluding hydrogens is 304 g/mol. The van der Waals surface area contributed by atoms with Crippen LogP contribution in [-0.2, 0) is 11.2 Å². The average molecular weight is 310 g/mol. The summed E-state index contributed by atoms with van der Waals surface area (Å²) in [5.74, 6) is -0.902. The van der Waals surface area contributed by atoms with Crippen LogP contribution in [0, 0.1) is 0 Å². The number of aromatic hydroxyl groups is 1. The summed E-state index contributed by atoms with van der Waals surface area (Å²) in [4.78, 5) is 10.4. The highest BCUT2D eigenvalue weighted by Gasteiger charge is 2.10. The third-order valence-corrected chi connectivity index (χ3v) is 3.01. The summed E-state index contributed by atoms with van der Waals surface area (Å²) < 4.78 is 0.956. The number of hydrogen-bond acceptors (Lipinski definition) is 2. The van der Waals surface area contributed by atoms with Crippen molar-refractivity contribution in [3.8, 4) is 5.75 Å². The molecule has 0 aliphatic rings. The van der Waals surface area contributed by atoms with Gasteiger partial charge >= 0.3 is 5.97 Å². The Hall–Kier alpha value is -0.550. The highest BCUT2D eigenvalue weighted by atomic mass is 79.9. The van der Waals surface area contributed by atoms with Crippen LogP contribution in [0.5, 0.6) is 5.75 Å². The Morgan fingerprint density at radius 3 is 2.54 bits per heavy atom. The molecule has 1 aromatic carbocycles. The smallest absolute Gasteiger partial charge is 0.307 e. The second kappa shape index (κ2) is 4.11. The van der Waals surface area contributed by atoms with E-state index in [0.29, 0.717) is 14.5 Å². The minimum absolute atomic E-state index is 0.0266. The summed E-state index contributed by atoms with van der Waals surface area (Å²) in [5, 5.41) is 18.0. The van der Waals surface area contributed by atoms with E-state index in [0.717, 1.165) is 0 Å². The Balaban J connectivity index is 3.10. The van der Waals surface area contributed by atoms with Gasteiger partial charge in [0.1, 0.15) is 5.75 Å². The maximum Gasteiger partial charge on any atom is 0.307 e. The molecule has 0 fully saturated rings. The van der Waals surface area contributed by atoms with Crippen LogP contribution in [0.1, 0.15) is 5.56 Å². The summed E-state index contributed by atoms with van der Waals surface area (Å²) in [6, 6.07) is 3.25. The Kier molecular flexibility index (Phi) is 3.33. The van der Waals surface area contributed by atoms with Crippen LogP contribution in [0.2, 0.25) is 0 Å². The molecule has 5 heteroatoms. The summed E-state index contributed by atoms with van der Waals surface area (Å²) in [5.41, 5.74) is 0.549. The van der Waals surface area contributed by atoms with Crippen molar-refractivity contribution in [3.05, 3.63) is 26.6 Å². The van der Waals surface area contributed by atoms with Gasteiger partial charge in [-0.3, -0.25) is 4.79 Å². The Labute approximate surface area is 91.6 Å². The van der Waals surface area contributed by atoms with Crippen LogP contribution in [-0.4, -0.2) is 16.2 Å². The lowest BCUT2D eigenvalue weighted by Crippen LogP contribution is -2.00. The zero-order chi connectivity index (χ0) is 10.0. The molecule has 2 N–H and O–H groups in total. The molecule has 0 bridgehead atoms. The maximum absolute atomic E-state index is 10.4. The molecule has 3 nitrogen and oxygen atoms in total. The fraction of sp³-hybridized carbons (Fsp3) is 0.125. The Morgan fingerprint density at radius 2 is 2.00 bits per heavy atom. The van der Waals surface area contributed by atoms with E-state index >= 15 is 0 Å². The zero-order valence-electron chi connectivity index (χ0n) is 6.42. The first kappa shape index (κ1) is 10.5. The van der Waals surface area contributed by atoms with Gasteiger partial charge in [0.25, 0.3) is 0 Å². The Bertz CT molecular complexity index is 349. The highest BCUT2D eigenvalue weighted by molar-refractivity contribution is 9.11. The number of rotatable bonds is 2. The molecule has 70 valence electrons. The predicted octanol–water partition coefficient (Wildman–Crippen LogP) is 2.54. The van der Waals surface area contributed by atoms with Gasteiger partial charge in [0.15, 0.2) is 0 Å². The van der Waals surface area contributed by atoms with E-state index < -0.39 is 5.97 Å². The number of halogens is 2. The van der Waals surface area contributed by atoms with Crippen molar-refractivity contribution in [2.75, 3.05) is 0 Å². The van der Waals surface area contributed by atoms with E-state index in [1.54, 1.807) is 12.1 Å². The second-order valence-electron chi connectivity index (χ2n) is 2.44. The van der Waals surface area contributed by atoms with Crippen LogP contribution >= 0.6 is 31.9 Å². The number of carboxylic acid groups (broad SMARTS) is 1. The van der Waals surface area contributed by atoms with Crippen LogP contribution < -0.4 is 0 Å². The second-order valence-corrected chi connectivity index (χ2v) is 4.09. The fourth-order valence-corrected chi connectivity index (χ4v) is 1.96. The molecule has 0 saturated carbocycles. The number of carbonyl (C=O) groups is 1. The molecule has 0 aromatic heterocycles. The molecule has 0 aliphatic carbocycles. The van der Waals surface area contributed by atoms with Crippen molar-refractivity contribution >= 4 is 37.8 Å². The SMILES string of the molecule is O=C(O)Cc1ccc(Br)c(O)c1Br. The molecule has 0 atom stereocenters. The lowest BCUT2D eigenvalue weighted by Gasteiger charge is -2.04. The third kappa shape index (κ3) is 2.45. The van der Waals surface area contributed by atoms with Crippen molar-refractivity contribution < 1.29 is 15.0 Å². The van der Waals surface area contributed by atoms with Gasteiger partial charge < -0.3 is 10.2 Å². The van der Waals surface area contributed by atoms with Crippen molar-refractivity contribution in [3.63, 3.8) is 0 Å². The minimum Gasteiger partial charge on any atom is -0.506 e. The summed E-state index contributed by atoms with van der Waals surface area (Å²) in [7, 11) is 0. The molecule has 1 aromatic rings. The summed E-state index contributed by atoms with van der Waals surface area (Å²) >= 11 is 6.24. The van der Waals surface area contributed by atoms with E-state index in [-0.39, 0.29) is 12.2 Å². The number of hydrogen-bond donors (Lipinski definition) is 2. The minimum atomic E-state index is -0.928. The third-order valence-electron chi connectivity index (χ3n) is 1.49. The first-order valence-corrected chi connectivity index (χ1v) is 4.98. The number of phenolic OH excluding ortho intramolecular Hbond substituents is 1. The van der Waals surface area contributed by atoms with Crippen LogP contribution in [0.15, 0.2) is 21.1 Å². The van der Waals surface area contributed by atoms with Gasteiger partial charge in [-0.1, -0.05) is 6.07 Å². The number of aliphatic carboxylic acids is 1. The maximum atomic E-state index is 10.4. The van der Waals surface area contributed by atoms with Gasteiger partial charge in [0.2, 0.25) is 0 Å². The summed E-state index contributed by atoms with van der Waals surface area (Å²) in [6.45, 7) is 0. The van der Waals surface area contributed by atoms with E-state index in [1.165, 1.54) is 0 Å². The van der Waals surface area contributed by atoms with Crippen LogP contribution in [0.4, 0.5) is 0 Å². The molecule has 13 heavy (non-hydrogen) atoms. The van der Waals surface area contributed by atoms with Gasteiger partial charge in [-0.2, -0.15) is 0 Å². The van der Waals surface area contributed by atoms with Gasteiger partial charge in [-0.05, 0) is 43.5 Å². The monoisotopic (exact) mass is 308 g/mol. The Morgan fingerprint density at radius 1 is 1.38 bits per heavy atom. The molecule has 0 aliphatic heterocycles. The topological polar surface area (TPSA) is 57.5 Å². The van der Waals surface area contributed by atoms with E-state index in [2.05, 4.69) is 31.9 Å². The first-order valence-electron chi connectivity index (χ1n) is 3.40. The van der Waals surface area contributed by atoms with Gasteiger partial charge in [0.05, 0.1) is 15.4 Å². The number of carboxylic acids is 1. The molecular formula is C8H6Br2O3. The molecule has 0 heterocycles. The van der Waals surface area contributed by atoms with Crippen molar-refractivity contribution in [2.45, 2.75) is 6.42 Å². The van der Waals surface area contributed by atoms with Gasteiger partial charge in [-0.25, -0.2) is 0 Å². The lowest BCUT2D eigenvalue weighted by molar-refractivity contribution is -0.136. The molecule has 0 saturated heterocycles. The van der Waals surface area contributed by atoms with E-state index in [9.17, 15) is 9.90 Å². The molecule has 0 amide bonds. The zero-order valence-corrected chi connectivity index (χ0v) is 9.59. The average Bonchev–Trinajstić information content (AvgIpc) is 2.06. The first-order chi connectivity index (χ1) is 6.02. The van der Waals surface area contributed by atoms with Crippen LogP contribution in [0.25, 0.3) is 0 Å². The molecule has 0 spiro atoms. The number of benzene rings is 1. The fourth-order valence-electron chi connectivity index (χ4n) is 0.882. The molecule has 1 rings (SSSR count). The van der Waals surface area contributed by atoms with Crippen LogP contribution in [0.3, 0.4) is 0 Å². The highest BCUT2D eigenvalue weighted by Crippen LogP contribution is 2.34. The normalized spacial score (nSPS) is 10.0. The lowest BCUT2D eigenvalue weighted by atomic mass is 10.1. The van der Waals surface area contributed by atoms with Crippen molar-refractivity contribution in [2.24, 2.45) is 0 Å². The van der Waals surface area contributed by atoms with E-state index in [4.69, 9.17) is 5.11 Å². The van der Waals surface area contributed by atoms with Crippen molar-refractivity contribution in [1.82, 2.24) is 0 Å². The van der Waals surface area contributed by atoms with E-state index in [1.807, 2.05) is 0 Å². The molecule has 0 radical (unpaired) electrons. The van der Waals surface area contributed by atoms with Crippen molar-refractivity contribution in [1.29, 1.82) is 0 Å². The quantitative estimate of drug-likeness (QED) is 0.882.